The van der Waals surface area contributed by atoms with Gasteiger partial charge in [-0.05, 0) is 77.1 Å². The highest BCUT2D eigenvalue weighted by Gasteiger charge is 2.37. The lowest BCUT2D eigenvalue weighted by Crippen LogP contribution is -2.50. The molecule has 0 fully saturated rings. The maximum atomic E-state index is 13.7. The Labute approximate surface area is 318 Å². The number of carbonyl (C=O) groups is 3. The van der Waals surface area contributed by atoms with E-state index in [1.165, 1.54) is 6.20 Å². The number of oxime groups is 2. The number of aromatic amines is 1. The predicted octanol–water partition coefficient (Wildman–Crippen LogP) is 2.84. The van der Waals surface area contributed by atoms with Crippen molar-refractivity contribution in [2.75, 3.05) is 24.2 Å². The number of hydrogen-bond acceptors (Lipinski definition) is 16. The molecule has 19 nitrogen and oxygen atoms in total. The molecule has 10 N–H and O–H groups in total. The van der Waals surface area contributed by atoms with Gasteiger partial charge >= 0.3 is 5.97 Å². The molecule has 1 aromatic carbocycles. The predicted molar refractivity (Wildman–Crippen MR) is 206 cm³/mol. The summed E-state index contributed by atoms with van der Waals surface area (Å²) in [5.41, 5.74) is 7.72. The summed E-state index contributed by atoms with van der Waals surface area (Å²) in [6.45, 7) is 14.7. The number of hydroxylamine groups is 1. The number of hydrogen-bond donors (Lipinski definition) is 9. The number of H-pyrrole nitrogens is 1. The molecule has 0 bridgehead atoms. The molecule has 1 amide bonds. The van der Waals surface area contributed by atoms with Crippen molar-refractivity contribution in [1.29, 1.82) is 0 Å². The van der Waals surface area contributed by atoms with E-state index in [2.05, 4.69) is 51.7 Å². The molecule has 2 aromatic heterocycles. The highest BCUT2D eigenvalue weighted by atomic mass is 16.6. The number of carboxylic acid groups (broad SMARTS) is 1. The number of aliphatic carboxylic acids is 1. The first kappa shape index (κ1) is 43.9. The fraction of sp³-hybridized carbons (Fsp3) is 0.528. The van der Waals surface area contributed by atoms with Crippen LogP contribution < -0.4 is 32.7 Å². The van der Waals surface area contributed by atoms with Gasteiger partial charge in [0.25, 0.3) is 11.5 Å². The first-order chi connectivity index (χ1) is 25.7. The monoisotopic (exact) mass is 767 g/mol. The molecule has 3 aromatic rings. The van der Waals surface area contributed by atoms with Gasteiger partial charge in [-0.3, -0.25) is 29.0 Å². The molecule has 2 heterocycles. The summed E-state index contributed by atoms with van der Waals surface area (Å²) in [5.74, 6) is -3.14. The quantitative estimate of drug-likeness (QED) is 0.0346. The van der Waals surface area contributed by atoms with Crippen molar-refractivity contribution in [2.45, 2.75) is 98.3 Å². The van der Waals surface area contributed by atoms with Gasteiger partial charge in [-0.25, -0.2) is 9.97 Å². The van der Waals surface area contributed by atoms with Gasteiger partial charge in [0.05, 0.1) is 59.5 Å². The zero-order valence-electron chi connectivity index (χ0n) is 32.5. The molecule has 0 aliphatic carbocycles. The third-order valence-electron chi connectivity index (χ3n) is 9.22. The number of amides is 1. The Hall–Kier alpha value is -5.53. The summed E-state index contributed by atoms with van der Waals surface area (Å²) >= 11 is 0. The van der Waals surface area contributed by atoms with Crippen LogP contribution in [0, 0.1) is 11.3 Å². The second-order valence-corrected chi connectivity index (χ2v) is 15.3. The lowest BCUT2D eigenvalue weighted by atomic mass is 9.76. The molecule has 1 unspecified atom stereocenters. The molecule has 2 atom stereocenters. The highest BCUT2D eigenvalue weighted by molar-refractivity contribution is 6.00. The van der Waals surface area contributed by atoms with Gasteiger partial charge in [-0.15, -0.1) is 0 Å². The van der Waals surface area contributed by atoms with Crippen LogP contribution in [-0.4, -0.2) is 94.8 Å². The molecule has 0 radical (unpaired) electrons. The number of fused-ring (bicyclic) bond motifs is 1. The first-order valence-electron chi connectivity index (χ1n) is 17.6. The third-order valence-corrected chi connectivity index (χ3v) is 9.22. The Bertz CT molecular complexity index is 1940. The van der Waals surface area contributed by atoms with Gasteiger partial charge in [-0.2, -0.15) is 10.5 Å². The van der Waals surface area contributed by atoms with E-state index in [1.54, 1.807) is 79.7 Å². The van der Waals surface area contributed by atoms with Crippen molar-refractivity contribution < 1.29 is 34.7 Å². The number of rotatable bonds is 20. The van der Waals surface area contributed by atoms with Gasteiger partial charge < -0.3 is 37.2 Å². The van der Waals surface area contributed by atoms with E-state index in [0.717, 1.165) is 0 Å². The number of carbonyl (C=O) groups excluding carboxylic acids is 2. The van der Waals surface area contributed by atoms with E-state index in [1.807, 2.05) is 0 Å². The van der Waals surface area contributed by atoms with Crippen LogP contribution in [0.1, 0.15) is 90.7 Å². The van der Waals surface area contributed by atoms with Gasteiger partial charge in [-0.1, -0.05) is 31.1 Å². The second-order valence-electron chi connectivity index (χ2n) is 15.3. The van der Waals surface area contributed by atoms with E-state index >= 15 is 0 Å². The molecule has 55 heavy (non-hydrogen) atoms. The molecule has 0 saturated carbocycles. The Kier molecular flexibility index (Phi) is 14.9. The average Bonchev–Trinajstić information content (AvgIpc) is 3.11. The van der Waals surface area contributed by atoms with Crippen molar-refractivity contribution in [3.63, 3.8) is 0 Å². The minimum atomic E-state index is -1.16. The van der Waals surface area contributed by atoms with E-state index in [-0.39, 0.29) is 60.8 Å². The molecule has 3 rings (SSSR count). The number of Topliss-reactive ketones (excluding diaryl/α,β-unsaturated/α-hetero) is 1. The van der Waals surface area contributed by atoms with E-state index in [9.17, 15) is 29.5 Å². The normalized spacial score (nSPS) is 14.0. The fourth-order valence-corrected chi connectivity index (χ4v) is 5.41. The van der Waals surface area contributed by atoms with Crippen molar-refractivity contribution in [1.82, 2.24) is 36.0 Å². The first-order valence-corrected chi connectivity index (χ1v) is 17.6. The number of benzene rings is 1. The summed E-state index contributed by atoms with van der Waals surface area (Å²) in [4.78, 5) is 72.0. The lowest BCUT2D eigenvalue weighted by Gasteiger charge is -2.31. The summed E-state index contributed by atoms with van der Waals surface area (Å²) in [7, 11) is 0. The van der Waals surface area contributed by atoms with Crippen LogP contribution in [0.25, 0.3) is 11.2 Å². The second kappa shape index (κ2) is 18.7. The maximum Gasteiger partial charge on any atom is 0.307 e. The van der Waals surface area contributed by atoms with Gasteiger partial charge in [0.2, 0.25) is 5.95 Å². The van der Waals surface area contributed by atoms with Gasteiger partial charge in [0.1, 0.15) is 0 Å². The number of nitrogens with one attached hydrogen (secondary N) is 5. The third kappa shape index (κ3) is 12.5. The number of anilines is 2. The van der Waals surface area contributed by atoms with Crippen LogP contribution in [0.3, 0.4) is 0 Å². The zero-order valence-corrected chi connectivity index (χ0v) is 32.5. The number of aromatic nitrogens is 4. The summed E-state index contributed by atoms with van der Waals surface area (Å²) in [5, 5.41) is 44.7. The minimum Gasteiger partial charge on any atom is -0.481 e. The van der Waals surface area contributed by atoms with Crippen LogP contribution in [-0.2, 0) is 21.0 Å². The molecule has 300 valence electrons. The van der Waals surface area contributed by atoms with Crippen LogP contribution in [0.2, 0.25) is 0 Å². The van der Waals surface area contributed by atoms with E-state index < -0.39 is 51.7 Å². The van der Waals surface area contributed by atoms with Gasteiger partial charge in [0, 0.05) is 24.2 Å². The Morgan fingerprint density at radius 3 is 2.25 bits per heavy atom. The maximum absolute atomic E-state index is 13.7. The zero-order chi connectivity index (χ0) is 41.1. The summed E-state index contributed by atoms with van der Waals surface area (Å²) < 4.78 is 0. The van der Waals surface area contributed by atoms with Crippen LogP contribution in [0.5, 0.6) is 0 Å². The van der Waals surface area contributed by atoms with Crippen molar-refractivity contribution in [3.05, 3.63) is 52.1 Å². The van der Waals surface area contributed by atoms with Crippen LogP contribution >= 0.6 is 0 Å². The van der Waals surface area contributed by atoms with Crippen molar-refractivity contribution >= 4 is 51.9 Å². The van der Waals surface area contributed by atoms with Crippen LogP contribution in [0.4, 0.5) is 11.6 Å². The minimum absolute atomic E-state index is 0.0220. The Morgan fingerprint density at radius 1 is 0.982 bits per heavy atom. The lowest BCUT2D eigenvalue weighted by molar-refractivity contribution is -0.146. The Morgan fingerprint density at radius 2 is 1.65 bits per heavy atom. The summed E-state index contributed by atoms with van der Waals surface area (Å²) in [6.07, 6.45) is 1.18. The molecule has 19 heteroatoms. The SMILES string of the molecule is CC(=NO)C(C)(C)NOCCNC(C)(C)C(CCC(=O)[C@H](CC(C(=O)O)C(C)(C)C)NC(=O)c1ccc(NCc2cnc3nc(N)[nH]c(=O)c3n2)cc1)=NO. The molecule has 0 saturated heterocycles. The smallest absolute Gasteiger partial charge is 0.307 e. The van der Waals surface area contributed by atoms with Gasteiger partial charge in [0.15, 0.2) is 16.9 Å². The number of nitrogen functional groups attached to an aromatic ring is 1. The molecule has 0 spiro atoms. The van der Waals surface area contributed by atoms with Crippen molar-refractivity contribution in [2.24, 2.45) is 21.6 Å². The van der Waals surface area contributed by atoms with Crippen LogP contribution in [0.15, 0.2) is 45.6 Å². The molecule has 0 aliphatic heterocycles. The van der Waals surface area contributed by atoms with E-state index in [4.69, 9.17) is 15.8 Å². The Balaban J connectivity index is 1.67. The van der Waals surface area contributed by atoms with E-state index in [0.29, 0.717) is 23.6 Å². The number of ketones is 1. The highest BCUT2D eigenvalue weighted by Crippen LogP contribution is 2.31. The fourth-order valence-electron chi connectivity index (χ4n) is 5.41. The average molecular weight is 768 g/mol. The number of carboxylic acids is 1. The molecule has 0 aliphatic rings. The molecular weight excluding hydrogens is 714 g/mol. The largest absolute Gasteiger partial charge is 0.481 e. The molecular formula is C36H53N11O8. The van der Waals surface area contributed by atoms with Crippen molar-refractivity contribution in [3.8, 4) is 0 Å². The standard InChI is InChI=1S/C36H53N11O8/c1-20(45-53)35(5,6)47-55-16-15-40-36(7,8)27(46-54)14-13-26(48)25(17-24(32(51)52)34(2,3)4)42-30(49)21-9-11-22(12-10-21)38-18-23-19-39-29-28(41-23)31(50)44-33(37)43-29/h9-12,19,24-25,38,40,47,53-54H,13-18H2,1-8H3,(H,42,49)(H,51,52)(H3,37,39,43,44,50)/t24?,25-/m0/s1. The topological polar surface area (TPSA) is 292 Å². The number of nitrogens with zero attached hydrogens (tertiary/aromatic N) is 5. The summed E-state index contributed by atoms with van der Waals surface area (Å²) in [6, 6.07) is 5.24. The number of nitrogens with two attached hydrogens (primary N) is 1.